The van der Waals surface area contributed by atoms with Gasteiger partial charge in [-0.1, -0.05) is 0 Å². The maximum absolute atomic E-state index is 3.96. The summed E-state index contributed by atoms with van der Waals surface area (Å²) in [6, 6.07) is 0.329. The van der Waals surface area contributed by atoms with Crippen LogP contribution in [0.25, 0.3) is 0 Å². The van der Waals surface area contributed by atoms with Crippen molar-refractivity contribution in [2.45, 2.75) is 6.04 Å². The van der Waals surface area contributed by atoms with Gasteiger partial charge >= 0.3 is 0 Å². The smallest absolute Gasteiger partial charge is 0.0600 e. The third kappa shape index (κ3) is 0.744. The Kier molecular flexibility index (Phi) is 1.15. The Morgan fingerprint density at radius 3 is 3.00 bits per heavy atom. The van der Waals surface area contributed by atoms with E-state index in [2.05, 4.69) is 11.9 Å². The second kappa shape index (κ2) is 1.65. The molecule has 1 rings (SSSR count). The zero-order valence-corrected chi connectivity index (χ0v) is 4.24. The van der Waals surface area contributed by atoms with Gasteiger partial charge in [-0.2, -0.15) is 0 Å². The Labute approximate surface area is 41.8 Å². The molecule has 1 atom stereocenters. The van der Waals surface area contributed by atoms with Gasteiger partial charge in [0, 0.05) is 5.75 Å². The van der Waals surface area contributed by atoms with Gasteiger partial charge in [0.2, 0.25) is 0 Å². The summed E-state index contributed by atoms with van der Waals surface area (Å²) >= 11 is 1.73. The molecule has 0 fully saturated rings. The van der Waals surface area contributed by atoms with Crippen molar-refractivity contribution in [2.24, 2.45) is 4.99 Å². The van der Waals surface area contributed by atoms with Crippen LogP contribution in [0.1, 0.15) is 0 Å². The maximum Gasteiger partial charge on any atom is 0.0600 e. The second-order valence-electron chi connectivity index (χ2n) is 1.24. The fourth-order valence-electron chi connectivity index (χ4n) is 0.326. The Bertz CT molecular complexity index is 69.9. The van der Waals surface area contributed by atoms with Crippen molar-refractivity contribution < 1.29 is 0 Å². The van der Waals surface area contributed by atoms with Gasteiger partial charge in [0.05, 0.1) is 11.6 Å². The summed E-state index contributed by atoms with van der Waals surface area (Å²) in [5.74, 6) is 1.07. The SMILES string of the molecule is [CH2]C1CSC=N1. The number of hydrogen-bond donors (Lipinski definition) is 0. The van der Waals surface area contributed by atoms with E-state index >= 15 is 0 Å². The molecule has 1 nitrogen and oxygen atoms in total. The lowest BCUT2D eigenvalue weighted by atomic mass is 10.4. The molecule has 0 amide bonds. The van der Waals surface area contributed by atoms with E-state index in [0.717, 1.165) is 5.75 Å². The summed E-state index contributed by atoms with van der Waals surface area (Å²) in [5, 5.41) is 0. The lowest BCUT2D eigenvalue weighted by molar-refractivity contribution is 0.961. The molecule has 0 spiro atoms. The third-order valence-electron chi connectivity index (χ3n) is 0.635. The minimum atomic E-state index is 0.329. The van der Waals surface area contributed by atoms with Crippen LogP contribution in [-0.4, -0.2) is 17.3 Å². The first-order valence-corrected chi connectivity index (χ1v) is 2.91. The molecule has 0 aliphatic carbocycles. The maximum atomic E-state index is 3.96. The van der Waals surface area contributed by atoms with Crippen molar-refractivity contribution in [3.05, 3.63) is 6.92 Å². The molecular formula is C4H6NS. The molecule has 0 aromatic heterocycles. The first kappa shape index (κ1) is 4.19. The highest BCUT2D eigenvalue weighted by molar-refractivity contribution is 8.12. The van der Waals surface area contributed by atoms with E-state index in [1.165, 1.54) is 0 Å². The van der Waals surface area contributed by atoms with Crippen molar-refractivity contribution in [3.63, 3.8) is 0 Å². The molecule has 0 N–H and O–H groups in total. The zero-order chi connectivity index (χ0) is 4.41. The Balaban J connectivity index is 2.38. The molecule has 0 aromatic carbocycles. The summed E-state index contributed by atoms with van der Waals surface area (Å²) in [4.78, 5) is 3.96. The highest BCUT2D eigenvalue weighted by atomic mass is 32.2. The minimum Gasteiger partial charge on any atom is -0.282 e. The van der Waals surface area contributed by atoms with E-state index < -0.39 is 0 Å². The second-order valence-corrected chi connectivity index (χ2v) is 2.12. The quantitative estimate of drug-likeness (QED) is 0.441. The normalized spacial score (nSPS) is 31.8. The van der Waals surface area contributed by atoms with Gasteiger partial charge < -0.3 is 0 Å². The molecule has 1 heterocycles. The van der Waals surface area contributed by atoms with Crippen LogP contribution >= 0.6 is 11.8 Å². The highest BCUT2D eigenvalue weighted by Gasteiger charge is 2.01. The Morgan fingerprint density at radius 2 is 2.83 bits per heavy atom. The molecular weight excluding hydrogens is 94.1 g/mol. The largest absolute Gasteiger partial charge is 0.282 e. The van der Waals surface area contributed by atoms with E-state index in [1.807, 2.05) is 5.55 Å². The van der Waals surface area contributed by atoms with Gasteiger partial charge in [-0.05, 0) is 6.92 Å². The van der Waals surface area contributed by atoms with Crippen LogP contribution in [-0.2, 0) is 0 Å². The van der Waals surface area contributed by atoms with E-state index in [0.29, 0.717) is 6.04 Å². The average molecular weight is 100 g/mol. The van der Waals surface area contributed by atoms with E-state index in [4.69, 9.17) is 0 Å². The third-order valence-corrected chi connectivity index (χ3v) is 1.48. The Morgan fingerprint density at radius 1 is 2.00 bits per heavy atom. The molecule has 0 saturated heterocycles. The van der Waals surface area contributed by atoms with Gasteiger partial charge in [0.1, 0.15) is 0 Å². The minimum absolute atomic E-state index is 0.329. The monoisotopic (exact) mass is 100 g/mol. The predicted octanol–water partition coefficient (Wildman–Crippen LogP) is 0.964. The first-order valence-electron chi connectivity index (χ1n) is 1.86. The Hall–Kier alpha value is 0.0200. The van der Waals surface area contributed by atoms with Gasteiger partial charge in [-0.3, -0.25) is 4.99 Å². The van der Waals surface area contributed by atoms with Gasteiger partial charge in [0.25, 0.3) is 0 Å². The lowest BCUT2D eigenvalue weighted by Crippen LogP contribution is -1.93. The standard InChI is InChI=1S/C4H6NS/c1-4-2-6-3-5-4/h3-4H,1-2H2. The number of rotatable bonds is 0. The van der Waals surface area contributed by atoms with Gasteiger partial charge in [-0.15, -0.1) is 11.8 Å². The molecule has 0 aromatic rings. The molecule has 6 heavy (non-hydrogen) atoms. The molecule has 0 saturated carbocycles. The summed E-state index contributed by atoms with van der Waals surface area (Å²) in [6.45, 7) is 3.72. The number of thioether (sulfide) groups is 1. The van der Waals surface area contributed by atoms with Crippen LogP contribution in [0.2, 0.25) is 0 Å². The highest BCUT2D eigenvalue weighted by Crippen LogP contribution is 2.08. The summed E-state index contributed by atoms with van der Waals surface area (Å²) < 4.78 is 0. The van der Waals surface area contributed by atoms with Gasteiger partial charge in [-0.25, -0.2) is 0 Å². The van der Waals surface area contributed by atoms with Crippen molar-refractivity contribution in [1.82, 2.24) is 0 Å². The molecule has 1 unspecified atom stereocenters. The van der Waals surface area contributed by atoms with E-state index in [1.54, 1.807) is 11.8 Å². The van der Waals surface area contributed by atoms with E-state index in [9.17, 15) is 0 Å². The van der Waals surface area contributed by atoms with Crippen molar-refractivity contribution in [3.8, 4) is 0 Å². The summed E-state index contributed by atoms with van der Waals surface area (Å²) in [5.41, 5.74) is 1.86. The van der Waals surface area contributed by atoms with Crippen LogP contribution in [0.5, 0.6) is 0 Å². The van der Waals surface area contributed by atoms with Crippen LogP contribution in [0.3, 0.4) is 0 Å². The topological polar surface area (TPSA) is 12.4 Å². The molecule has 1 aliphatic heterocycles. The number of aliphatic imine (C=N–C) groups is 1. The summed E-state index contributed by atoms with van der Waals surface area (Å²) in [7, 11) is 0. The average Bonchev–Trinajstić information content (AvgIpc) is 1.86. The van der Waals surface area contributed by atoms with Crippen molar-refractivity contribution in [2.75, 3.05) is 5.75 Å². The molecule has 2 heteroatoms. The fourth-order valence-corrected chi connectivity index (χ4v) is 0.979. The van der Waals surface area contributed by atoms with Crippen LogP contribution < -0.4 is 0 Å². The van der Waals surface area contributed by atoms with Crippen LogP contribution in [0.15, 0.2) is 4.99 Å². The first-order chi connectivity index (χ1) is 2.89. The van der Waals surface area contributed by atoms with Crippen molar-refractivity contribution in [1.29, 1.82) is 0 Å². The predicted molar refractivity (Wildman–Crippen MR) is 30.1 cm³/mol. The van der Waals surface area contributed by atoms with Gasteiger partial charge in [0.15, 0.2) is 0 Å². The lowest BCUT2D eigenvalue weighted by Gasteiger charge is -1.87. The van der Waals surface area contributed by atoms with Crippen molar-refractivity contribution >= 4 is 17.3 Å². The molecule has 1 radical (unpaired) electrons. The van der Waals surface area contributed by atoms with Crippen LogP contribution in [0, 0.1) is 6.92 Å². The molecule has 33 valence electrons. The van der Waals surface area contributed by atoms with E-state index in [-0.39, 0.29) is 0 Å². The number of hydrogen-bond acceptors (Lipinski definition) is 2. The molecule has 0 bridgehead atoms. The fraction of sp³-hybridized carbons (Fsp3) is 0.500. The van der Waals surface area contributed by atoms with Crippen LogP contribution in [0.4, 0.5) is 0 Å². The number of nitrogens with zero attached hydrogens (tertiary/aromatic N) is 1. The molecule has 1 aliphatic rings. The summed E-state index contributed by atoms with van der Waals surface area (Å²) in [6.07, 6.45) is 0. The zero-order valence-electron chi connectivity index (χ0n) is 3.42.